The number of nitrogens with one attached hydrogen (secondary N) is 1. The van der Waals surface area contributed by atoms with Crippen molar-refractivity contribution in [1.82, 2.24) is 34.7 Å². The van der Waals surface area contributed by atoms with Gasteiger partial charge in [-0.1, -0.05) is 27.7 Å². The number of hydrogen-bond donors (Lipinski definition) is 1. The van der Waals surface area contributed by atoms with Crippen molar-refractivity contribution in [3.05, 3.63) is 101 Å². The number of halogens is 2. The van der Waals surface area contributed by atoms with Gasteiger partial charge in [0.05, 0.1) is 31.5 Å². The van der Waals surface area contributed by atoms with Gasteiger partial charge in [0.2, 0.25) is 5.91 Å². The average molecular weight is 995 g/mol. The number of carbonyl (C=O) groups excluding carboxylic acids is 2. The molecule has 0 atom stereocenters. The summed E-state index contributed by atoms with van der Waals surface area (Å²) in [6.07, 6.45) is 8.48. The third-order valence-electron chi connectivity index (χ3n) is 17.7. The number of benzene rings is 3. The largest absolute Gasteiger partial charge is 0.495 e. The van der Waals surface area contributed by atoms with E-state index in [0.29, 0.717) is 64.8 Å². The Morgan fingerprint density at radius 3 is 2.36 bits per heavy atom. The predicted molar refractivity (Wildman–Crippen MR) is 275 cm³/mol. The average Bonchev–Trinajstić information content (AvgIpc) is 4.14. The molecule has 1 N–H and O–H groups in total. The molecule has 0 bridgehead atoms. The van der Waals surface area contributed by atoms with E-state index in [1.54, 1.807) is 62.4 Å². The summed E-state index contributed by atoms with van der Waals surface area (Å²) in [5.41, 5.74) is 7.05. The molecule has 73 heavy (non-hydrogen) atoms. The number of rotatable bonds is 11. The number of aromatic nitrogens is 4. The summed E-state index contributed by atoms with van der Waals surface area (Å²) in [4.78, 5) is 35.7. The van der Waals surface area contributed by atoms with Crippen LogP contribution in [0.25, 0.3) is 11.1 Å². The number of fused-ring (bicyclic) bond motifs is 2. The van der Waals surface area contributed by atoms with Crippen LogP contribution < -0.4 is 24.6 Å². The van der Waals surface area contributed by atoms with Gasteiger partial charge in [-0.05, 0) is 110 Å². The first-order valence-electron chi connectivity index (χ1n) is 26.2. The van der Waals surface area contributed by atoms with Crippen molar-refractivity contribution in [1.29, 1.82) is 5.26 Å². The highest BCUT2D eigenvalue weighted by Crippen LogP contribution is 2.56. The molecule has 6 aliphatic rings. The maximum Gasteiger partial charge on any atom is 0.264 e. The molecule has 16 heteroatoms. The first kappa shape index (κ1) is 48.8. The number of aryl methyl sites for hydroxylation is 2. The van der Waals surface area contributed by atoms with Crippen molar-refractivity contribution in [2.75, 3.05) is 56.2 Å². The summed E-state index contributed by atoms with van der Waals surface area (Å²) >= 11 is 0. The molecule has 384 valence electrons. The van der Waals surface area contributed by atoms with E-state index in [1.165, 1.54) is 18.5 Å². The standard InChI is InChI=1S/C57H68F2N10O4/c1-35(70)66-23-18-47-46(33-66)51(68-20-8-9-37-25-44(39-31-61-64(6)32-39)45(50(58)59)27-48(37)68)63-69(47)41-16-21-65(22-17-41)42-28-57(29-42)19-24-67(34-57)40-13-10-36(11-14-40)52(71)62-53-55(2,3)54(56(53,4)5)73-43-15-12-38(30-60)49(26-43)72-7/h10-15,25-27,31-32,41-42,50,53-54H,8-9,16-24,28-29,33-34H2,1-7H3,(H,62,71). The molecule has 14 nitrogen and oxygen atoms in total. The van der Waals surface area contributed by atoms with Crippen LogP contribution in [0, 0.1) is 27.6 Å². The van der Waals surface area contributed by atoms with Crippen LogP contribution in [0.4, 0.5) is 26.0 Å². The number of alkyl halides is 2. The normalized spacial score (nSPS) is 22.3. The van der Waals surface area contributed by atoms with Crippen LogP contribution in [0.15, 0.2) is 67.0 Å². The Balaban J connectivity index is 0.711. The SMILES string of the molecule is COc1cc(OC2C(C)(C)C(NC(=O)c3ccc(N4CCC5(CC(N6CCC(n7nc(N8CCCc9cc(-c%10cnn(C)c%10)c(C(F)F)cc98)c8c7CCN(C(C)=O)C8)CC6)C5)C4)cc3)C2(C)C)ccc1C#N. The van der Waals surface area contributed by atoms with Crippen molar-refractivity contribution < 1.29 is 27.8 Å². The van der Waals surface area contributed by atoms with E-state index in [4.69, 9.17) is 14.6 Å². The van der Waals surface area contributed by atoms with E-state index in [0.717, 1.165) is 93.0 Å². The molecule has 2 saturated heterocycles. The Bertz CT molecular complexity index is 2960. The summed E-state index contributed by atoms with van der Waals surface area (Å²) in [6.45, 7) is 15.9. The lowest BCUT2D eigenvalue weighted by Gasteiger charge is -2.63. The Morgan fingerprint density at radius 2 is 1.68 bits per heavy atom. The van der Waals surface area contributed by atoms with E-state index in [1.807, 2.05) is 23.1 Å². The first-order chi connectivity index (χ1) is 35.0. The zero-order valence-electron chi connectivity index (χ0n) is 43.3. The number of nitrogens with zero attached hydrogens (tertiary/aromatic N) is 9. The van der Waals surface area contributed by atoms with Crippen LogP contribution >= 0.6 is 0 Å². The van der Waals surface area contributed by atoms with Gasteiger partial charge in [0, 0.05) is 134 Å². The van der Waals surface area contributed by atoms with Gasteiger partial charge in [-0.15, -0.1) is 0 Å². The Morgan fingerprint density at radius 1 is 0.932 bits per heavy atom. The number of piperidine rings is 1. The Hall–Kier alpha value is -6.47. The third kappa shape index (κ3) is 8.58. The van der Waals surface area contributed by atoms with Gasteiger partial charge in [0.15, 0.2) is 5.82 Å². The number of likely N-dealkylation sites (tertiary alicyclic amines) is 1. The van der Waals surface area contributed by atoms with Gasteiger partial charge in [-0.3, -0.25) is 19.0 Å². The zero-order chi connectivity index (χ0) is 51.1. The first-order valence-corrected chi connectivity index (χ1v) is 26.2. The van der Waals surface area contributed by atoms with Crippen molar-refractivity contribution in [3.63, 3.8) is 0 Å². The molecule has 3 aromatic carbocycles. The lowest BCUT2D eigenvalue weighted by atomic mass is 9.49. The highest BCUT2D eigenvalue weighted by atomic mass is 19.3. The molecule has 5 aromatic rings. The van der Waals surface area contributed by atoms with Gasteiger partial charge < -0.3 is 34.4 Å². The molecule has 0 radical (unpaired) electrons. The quantitative estimate of drug-likeness (QED) is 0.136. The van der Waals surface area contributed by atoms with E-state index in [2.05, 4.69) is 75.7 Å². The number of methoxy groups -OCH3 is 1. The van der Waals surface area contributed by atoms with Gasteiger partial charge in [-0.2, -0.15) is 15.5 Å². The van der Waals surface area contributed by atoms with Gasteiger partial charge >= 0.3 is 0 Å². The maximum absolute atomic E-state index is 14.8. The van der Waals surface area contributed by atoms with Gasteiger partial charge in [0.1, 0.15) is 23.7 Å². The number of carbonyl (C=O) groups is 2. The van der Waals surface area contributed by atoms with Gasteiger partial charge in [-0.25, -0.2) is 8.78 Å². The summed E-state index contributed by atoms with van der Waals surface area (Å²) in [5, 5.41) is 22.4. The second kappa shape index (κ2) is 18.5. The molecule has 2 aliphatic carbocycles. The third-order valence-corrected chi connectivity index (χ3v) is 17.7. The fourth-order valence-corrected chi connectivity index (χ4v) is 14.1. The monoisotopic (exact) mass is 995 g/mol. The van der Waals surface area contributed by atoms with Crippen molar-refractivity contribution in [2.45, 2.75) is 123 Å². The molecule has 2 saturated carbocycles. The Kier molecular flexibility index (Phi) is 12.3. The minimum Gasteiger partial charge on any atom is -0.495 e. The molecule has 2 aromatic heterocycles. The van der Waals surface area contributed by atoms with Crippen molar-refractivity contribution in [2.24, 2.45) is 23.3 Å². The fraction of sp³-hybridized carbons (Fsp3) is 0.526. The molecule has 6 heterocycles. The molecular formula is C57H68F2N10O4. The zero-order valence-corrected chi connectivity index (χ0v) is 43.3. The topological polar surface area (TPSA) is 137 Å². The van der Waals surface area contributed by atoms with Gasteiger partial charge in [0.25, 0.3) is 12.3 Å². The predicted octanol–water partition coefficient (Wildman–Crippen LogP) is 9.40. The fourth-order valence-electron chi connectivity index (χ4n) is 14.1. The summed E-state index contributed by atoms with van der Waals surface area (Å²) in [7, 11) is 3.34. The molecule has 11 rings (SSSR count). The minimum atomic E-state index is -2.66. The van der Waals surface area contributed by atoms with Crippen molar-refractivity contribution >= 4 is 29.0 Å². The highest BCUT2D eigenvalue weighted by Gasteiger charge is 2.64. The lowest BCUT2D eigenvalue weighted by Crippen LogP contribution is -2.74. The Labute approximate surface area is 427 Å². The van der Waals surface area contributed by atoms with Crippen LogP contribution in [0.3, 0.4) is 0 Å². The molecular weight excluding hydrogens is 927 g/mol. The van der Waals surface area contributed by atoms with Crippen molar-refractivity contribution in [3.8, 4) is 28.7 Å². The number of anilines is 3. The molecule has 2 amide bonds. The molecule has 1 spiro atoms. The van der Waals surface area contributed by atoms with Crippen LogP contribution in [0.1, 0.15) is 124 Å². The number of ether oxygens (including phenoxy) is 2. The van der Waals surface area contributed by atoms with E-state index in [9.17, 15) is 23.6 Å². The summed E-state index contributed by atoms with van der Waals surface area (Å²) < 4.78 is 45.4. The minimum absolute atomic E-state index is 0.00636. The molecule has 4 aliphatic heterocycles. The molecule has 4 fully saturated rings. The second-order valence-corrected chi connectivity index (χ2v) is 23.0. The number of amides is 2. The van der Waals surface area contributed by atoms with E-state index < -0.39 is 6.43 Å². The lowest BCUT2D eigenvalue weighted by molar-refractivity contribution is -0.164. The summed E-state index contributed by atoms with van der Waals surface area (Å²) in [5.74, 6) is 1.84. The van der Waals surface area contributed by atoms with Crippen LogP contribution in [0.5, 0.6) is 11.5 Å². The number of hydrogen-bond acceptors (Lipinski definition) is 10. The van der Waals surface area contributed by atoms with Crippen LogP contribution in [-0.4, -0.2) is 106 Å². The van der Waals surface area contributed by atoms with E-state index >= 15 is 0 Å². The van der Waals surface area contributed by atoms with Crippen LogP contribution in [0.2, 0.25) is 0 Å². The van der Waals surface area contributed by atoms with Crippen LogP contribution in [-0.2, 0) is 31.2 Å². The van der Waals surface area contributed by atoms with E-state index in [-0.39, 0.29) is 46.4 Å². The smallest absolute Gasteiger partial charge is 0.264 e. The molecule has 0 unspecified atom stereocenters. The highest BCUT2D eigenvalue weighted by molar-refractivity contribution is 5.95. The number of nitriles is 1. The maximum atomic E-state index is 14.8. The second-order valence-electron chi connectivity index (χ2n) is 23.0. The summed E-state index contributed by atoms with van der Waals surface area (Å²) in [6, 6.07) is 19.7.